The van der Waals surface area contributed by atoms with Crippen LogP contribution in [0.2, 0.25) is 0 Å². The maximum Gasteiger partial charge on any atom is 0.245 e. The first kappa shape index (κ1) is 12.1. The Morgan fingerprint density at radius 3 is 2.84 bits per heavy atom. The van der Waals surface area contributed by atoms with E-state index in [0.717, 1.165) is 12.8 Å². The molecule has 1 saturated heterocycles. The Hall–Kier alpha value is -1.92. The van der Waals surface area contributed by atoms with Crippen LogP contribution in [0.5, 0.6) is 0 Å². The molecule has 3 rings (SSSR count). The number of nitrogens with one attached hydrogen (secondary N) is 1. The molecular weight excluding hydrogens is 248 g/mol. The second-order valence-corrected chi connectivity index (χ2v) is 5.12. The van der Waals surface area contributed by atoms with E-state index in [1.165, 1.54) is 0 Å². The number of piperazine rings is 1. The van der Waals surface area contributed by atoms with Crippen molar-refractivity contribution in [3.05, 3.63) is 11.7 Å². The highest BCUT2D eigenvalue weighted by molar-refractivity contribution is 5.95. The van der Waals surface area contributed by atoms with Crippen LogP contribution in [0.15, 0.2) is 4.52 Å². The van der Waals surface area contributed by atoms with Crippen molar-refractivity contribution in [3.8, 4) is 0 Å². The Balaban J connectivity index is 1.62. The highest BCUT2D eigenvalue weighted by Crippen LogP contribution is 2.34. The highest BCUT2D eigenvalue weighted by atomic mass is 16.5. The van der Waals surface area contributed by atoms with Crippen molar-refractivity contribution >= 4 is 11.8 Å². The molecular formula is C12H16N4O3. The molecule has 0 bridgehead atoms. The zero-order chi connectivity index (χ0) is 13.4. The van der Waals surface area contributed by atoms with Crippen LogP contribution in [0.3, 0.4) is 0 Å². The lowest BCUT2D eigenvalue weighted by molar-refractivity contribution is -0.144. The average Bonchev–Trinajstić information content (AvgIpc) is 3.13. The third-order valence-corrected chi connectivity index (χ3v) is 3.50. The van der Waals surface area contributed by atoms with Gasteiger partial charge in [0.05, 0.1) is 6.54 Å². The van der Waals surface area contributed by atoms with Crippen LogP contribution in [0, 0.1) is 12.8 Å². The predicted molar refractivity (Wildman–Crippen MR) is 64.0 cm³/mol. The molecule has 7 nitrogen and oxygen atoms in total. The van der Waals surface area contributed by atoms with E-state index in [2.05, 4.69) is 15.5 Å². The van der Waals surface area contributed by atoms with E-state index < -0.39 is 0 Å². The number of aromatic nitrogens is 2. The van der Waals surface area contributed by atoms with Crippen LogP contribution < -0.4 is 5.32 Å². The molecule has 1 unspecified atom stereocenters. The normalized spacial score (nSPS) is 23.6. The number of nitrogens with zero attached hydrogens (tertiary/aromatic N) is 3. The standard InChI is InChI=1S/C12H16N4O3/c1-7-13-9(15-19-7)4-5-16-6-10(17)14-11(12(16)18)8-2-3-8/h8,11H,2-6H2,1H3,(H,14,17). The number of carbonyl (C=O) groups excluding carboxylic acids is 2. The summed E-state index contributed by atoms with van der Waals surface area (Å²) in [4.78, 5) is 29.5. The maximum absolute atomic E-state index is 12.2. The van der Waals surface area contributed by atoms with E-state index >= 15 is 0 Å². The topological polar surface area (TPSA) is 88.3 Å². The first-order valence-electron chi connectivity index (χ1n) is 6.51. The summed E-state index contributed by atoms with van der Waals surface area (Å²) >= 11 is 0. The molecule has 102 valence electrons. The quantitative estimate of drug-likeness (QED) is 0.803. The van der Waals surface area contributed by atoms with Gasteiger partial charge in [0.15, 0.2) is 5.82 Å². The Morgan fingerprint density at radius 2 is 2.21 bits per heavy atom. The molecule has 0 radical (unpaired) electrons. The van der Waals surface area contributed by atoms with Crippen molar-refractivity contribution in [3.63, 3.8) is 0 Å². The molecule has 1 N–H and O–H groups in total. The molecule has 0 aromatic carbocycles. The van der Waals surface area contributed by atoms with Gasteiger partial charge in [0.1, 0.15) is 6.04 Å². The smallest absolute Gasteiger partial charge is 0.245 e. The van der Waals surface area contributed by atoms with Crippen molar-refractivity contribution in [2.45, 2.75) is 32.2 Å². The van der Waals surface area contributed by atoms with Gasteiger partial charge in [-0.15, -0.1) is 0 Å². The lowest BCUT2D eigenvalue weighted by Gasteiger charge is -2.32. The summed E-state index contributed by atoms with van der Waals surface area (Å²) in [5.41, 5.74) is 0. The van der Waals surface area contributed by atoms with Crippen LogP contribution in [0.1, 0.15) is 24.6 Å². The number of hydrogen-bond acceptors (Lipinski definition) is 5. The zero-order valence-corrected chi connectivity index (χ0v) is 10.8. The van der Waals surface area contributed by atoms with Crippen molar-refractivity contribution in [1.29, 1.82) is 0 Å². The summed E-state index contributed by atoms with van der Waals surface area (Å²) in [5.74, 6) is 1.34. The van der Waals surface area contributed by atoms with Gasteiger partial charge >= 0.3 is 0 Å². The second kappa shape index (κ2) is 4.64. The molecule has 1 aromatic heterocycles. The van der Waals surface area contributed by atoms with Crippen LogP contribution in [-0.4, -0.2) is 46.0 Å². The third kappa shape index (κ3) is 2.59. The molecule has 2 aliphatic rings. The molecule has 1 atom stereocenters. The van der Waals surface area contributed by atoms with Crippen molar-refractivity contribution in [1.82, 2.24) is 20.4 Å². The van der Waals surface area contributed by atoms with Gasteiger partial charge < -0.3 is 14.7 Å². The van der Waals surface area contributed by atoms with Crippen LogP contribution >= 0.6 is 0 Å². The van der Waals surface area contributed by atoms with Crippen molar-refractivity contribution in [2.24, 2.45) is 5.92 Å². The minimum absolute atomic E-state index is 0.0160. The Bertz CT molecular complexity index is 509. The minimum Gasteiger partial charge on any atom is -0.342 e. The van der Waals surface area contributed by atoms with Crippen LogP contribution in [0.4, 0.5) is 0 Å². The molecule has 2 heterocycles. The van der Waals surface area contributed by atoms with E-state index in [-0.39, 0.29) is 24.4 Å². The SMILES string of the molecule is Cc1nc(CCN2CC(=O)NC(C3CC3)C2=O)no1. The summed E-state index contributed by atoms with van der Waals surface area (Å²) in [6.45, 7) is 2.30. The number of amides is 2. The van der Waals surface area contributed by atoms with E-state index in [9.17, 15) is 9.59 Å². The summed E-state index contributed by atoms with van der Waals surface area (Å²) < 4.78 is 4.88. The molecule has 19 heavy (non-hydrogen) atoms. The number of hydrogen-bond donors (Lipinski definition) is 1. The molecule has 1 aliphatic heterocycles. The number of rotatable bonds is 4. The van der Waals surface area contributed by atoms with E-state index in [1.54, 1.807) is 11.8 Å². The molecule has 1 aromatic rings. The summed E-state index contributed by atoms with van der Waals surface area (Å²) in [5, 5.41) is 6.57. The Labute approximate surface area is 110 Å². The Morgan fingerprint density at radius 1 is 1.42 bits per heavy atom. The van der Waals surface area contributed by atoms with Gasteiger partial charge in [-0.1, -0.05) is 5.16 Å². The lowest BCUT2D eigenvalue weighted by Crippen LogP contribution is -2.59. The molecule has 7 heteroatoms. The summed E-state index contributed by atoms with van der Waals surface area (Å²) in [7, 11) is 0. The first-order valence-corrected chi connectivity index (χ1v) is 6.51. The van der Waals surface area contributed by atoms with Gasteiger partial charge in [0.25, 0.3) is 0 Å². The van der Waals surface area contributed by atoms with E-state index in [4.69, 9.17) is 4.52 Å². The zero-order valence-electron chi connectivity index (χ0n) is 10.8. The largest absolute Gasteiger partial charge is 0.342 e. The van der Waals surface area contributed by atoms with Gasteiger partial charge in [-0.2, -0.15) is 4.98 Å². The monoisotopic (exact) mass is 264 g/mol. The minimum atomic E-state index is -0.326. The molecule has 1 aliphatic carbocycles. The average molecular weight is 264 g/mol. The van der Waals surface area contributed by atoms with Gasteiger partial charge in [0.2, 0.25) is 17.7 Å². The molecule has 2 fully saturated rings. The number of carbonyl (C=O) groups is 2. The fourth-order valence-corrected chi connectivity index (χ4v) is 2.34. The number of aryl methyl sites for hydroxylation is 1. The van der Waals surface area contributed by atoms with Gasteiger partial charge in [0, 0.05) is 19.9 Å². The second-order valence-electron chi connectivity index (χ2n) is 5.12. The summed E-state index contributed by atoms with van der Waals surface area (Å²) in [6.07, 6.45) is 2.55. The predicted octanol–water partition coefficient (Wildman–Crippen LogP) is -0.342. The van der Waals surface area contributed by atoms with E-state index in [1.807, 2.05) is 0 Å². The van der Waals surface area contributed by atoms with E-state index in [0.29, 0.717) is 30.6 Å². The van der Waals surface area contributed by atoms with Crippen molar-refractivity contribution < 1.29 is 14.1 Å². The van der Waals surface area contributed by atoms with Crippen LogP contribution in [-0.2, 0) is 16.0 Å². The fraction of sp³-hybridized carbons (Fsp3) is 0.667. The Kier molecular flexibility index (Phi) is 2.96. The summed E-state index contributed by atoms with van der Waals surface area (Å²) in [6, 6.07) is -0.326. The third-order valence-electron chi connectivity index (χ3n) is 3.50. The first-order chi connectivity index (χ1) is 9.13. The fourth-order valence-electron chi connectivity index (χ4n) is 2.34. The molecule has 1 saturated carbocycles. The lowest BCUT2D eigenvalue weighted by atomic mass is 10.1. The van der Waals surface area contributed by atoms with Crippen LogP contribution in [0.25, 0.3) is 0 Å². The highest BCUT2D eigenvalue weighted by Gasteiger charge is 2.42. The molecule has 2 amide bonds. The maximum atomic E-state index is 12.2. The van der Waals surface area contributed by atoms with Gasteiger partial charge in [-0.3, -0.25) is 9.59 Å². The van der Waals surface area contributed by atoms with Crippen molar-refractivity contribution in [2.75, 3.05) is 13.1 Å². The van der Waals surface area contributed by atoms with Gasteiger partial charge in [-0.05, 0) is 18.8 Å². The van der Waals surface area contributed by atoms with Gasteiger partial charge in [-0.25, -0.2) is 0 Å². The molecule has 0 spiro atoms.